The number of carboxylic acids is 1. The Morgan fingerprint density at radius 1 is 1.07 bits per heavy atom. The number of hydrogen-bond donors (Lipinski definition) is 2. The number of rotatable bonds is 9. The normalized spacial score (nSPS) is 12.7. The van der Waals surface area contributed by atoms with Gasteiger partial charge < -0.3 is 19.9 Å². The van der Waals surface area contributed by atoms with Gasteiger partial charge in [0.15, 0.2) is 11.5 Å². The number of fused-ring (bicyclic) bond motifs is 1. The molecule has 0 atom stereocenters. The summed E-state index contributed by atoms with van der Waals surface area (Å²) in [7, 11) is 1.57. The van der Waals surface area contributed by atoms with Crippen LogP contribution in [0.3, 0.4) is 0 Å². The van der Waals surface area contributed by atoms with Crippen molar-refractivity contribution in [2.45, 2.75) is 32.3 Å². The smallest absolute Gasteiger partial charge is 0.335 e. The second kappa shape index (κ2) is 12.6. The molecule has 0 aliphatic heterocycles. The number of methoxy groups -OCH3 is 1. The second-order valence-electron chi connectivity index (χ2n) is 9.30. The van der Waals surface area contributed by atoms with Gasteiger partial charge in [-0.25, -0.2) is 9.79 Å². The van der Waals surface area contributed by atoms with Crippen molar-refractivity contribution in [1.82, 2.24) is 0 Å². The minimum Gasteiger partial charge on any atom is -0.493 e. The van der Waals surface area contributed by atoms with Gasteiger partial charge in [0.05, 0.1) is 21.8 Å². The topological polar surface area (TPSA) is 97.2 Å². The number of thiophene rings is 1. The molecule has 0 unspecified atom stereocenters. The van der Waals surface area contributed by atoms with Crippen LogP contribution in [0.2, 0.25) is 0 Å². The highest BCUT2D eigenvalue weighted by Gasteiger charge is 2.25. The van der Waals surface area contributed by atoms with E-state index in [2.05, 4.69) is 27.9 Å². The molecule has 9 heteroatoms. The molecule has 204 valence electrons. The summed E-state index contributed by atoms with van der Waals surface area (Å²) in [4.78, 5) is 30.7. The van der Waals surface area contributed by atoms with E-state index in [1.165, 1.54) is 4.88 Å². The van der Waals surface area contributed by atoms with E-state index < -0.39 is 5.97 Å². The number of para-hydroxylation sites is 1. The molecule has 1 aliphatic carbocycles. The van der Waals surface area contributed by atoms with Crippen molar-refractivity contribution in [2.75, 3.05) is 12.4 Å². The number of carbonyl (C=O) groups is 2. The van der Waals surface area contributed by atoms with Gasteiger partial charge in [0.2, 0.25) is 0 Å². The monoisotopic (exact) mass is 666 g/mol. The Bertz CT molecular complexity index is 1580. The summed E-state index contributed by atoms with van der Waals surface area (Å²) >= 11 is 3.77. The highest BCUT2D eigenvalue weighted by molar-refractivity contribution is 14.1. The second-order valence-corrected chi connectivity index (χ2v) is 11.5. The molecule has 1 amide bonds. The number of carbonyl (C=O) groups excluding carboxylic acids is 1. The van der Waals surface area contributed by atoms with E-state index in [-0.39, 0.29) is 18.1 Å². The molecule has 0 spiro atoms. The summed E-state index contributed by atoms with van der Waals surface area (Å²) in [5.41, 5.74) is 4.28. The van der Waals surface area contributed by atoms with Crippen molar-refractivity contribution >= 4 is 62.7 Å². The quantitative estimate of drug-likeness (QED) is 0.142. The number of anilines is 1. The predicted octanol–water partition coefficient (Wildman–Crippen LogP) is 7.52. The Hall–Kier alpha value is -3.70. The van der Waals surface area contributed by atoms with E-state index in [4.69, 9.17) is 14.5 Å². The number of aliphatic imine (C=N–C) groups is 1. The van der Waals surface area contributed by atoms with E-state index in [0.717, 1.165) is 51.6 Å². The first-order chi connectivity index (χ1) is 19.4. The number of aryl methyl sites for hydroxylation is 1. The minimum absolute atomic E-state index is 0.138. The molecule has 0 fully saturated rings. The number of hydrogen-bond acceptors (Lipinski definition) is 6. The van der Waals surface area contributed by atoms with Crippen molar-refractivity contribution in [1.29, 1.82) is 0 Å². The molecular weight excluding hydrogens is 639 g/mol. The first-order valence-electron chi connectivity index (χ1n) is 12.8. The van der Waals surface area contributed by atoms with Gasteiger partial charge in [0.1, 0.15) is 11.6 Å². The van der Waals surface area contributed by atoms with Crippen LogP contribution in [0, 0.1) is 3.57 Å². The predicted molar refractivity (Wildman–Crippen MR) is 166 cm³/mol. The lowest BCUT2D eigenvalue weighted by Crippen LogP contribution is -2.14. The van der Waals surface area contributed by atoms with Crippen molar-refractivity contribution in [2.24, 2.45) is 4.99 Å². The van der Waals surface area contributed by atoms with Gasteiger partial charge in [-0.3, -0.25) is 4.79 Å². The van der Waals surface area contributed by atoms with Crippen LogP contribution in [0.15, 0.2) is 71.7 Å². The molecule has 0 saturated carbocycles. The van der Waals surface area contributed by atoms with Crippen molar-refractivity contribution in [3.8, 4) is 11.5 Å². The molecular formula is C31H27IN2O5S. The lowest BCUT2D eigenvalue weighted by atomic mass is 9.95. The molecule has 4 aromatic rings. The minimum atomic E-state index is -0.982. The molecule has 5 rings (SSSR count). The van der Waals surface area contributed by atoms with E-state index >= 15 is 0 Å². The molecule has 0 bridgehead atoms. The Morgan fingerprint density at radius 2 is 1.88 bits per heavy atom. The van der Waals surface area contributed by atoms with Crippen molar-refractivity contribution in [3.05, 3.63) is 103 Å². The first kappa shape index (κ1) is 27.9. The van der Waals surface area contributed by atoms with Gasteiger partial charge in [-0.1, -0.05) is 30.3 Å². The highest BCUT2D eigenvalue weighted by atomic mass is 127. The van der Waals surface area contributed by atoms with Crippen LogP contribution in [0.25, 0.3) is 0 Å². The van der Waals surface area contributed by atoms with E-state index in [0.29, 0.717) is 22.1 Å². The summed E-state index contributed by atoms with van der Waals surface area (Å²) < 4.78 is 12.5. The molecule has 0 radical (unpaired) electrons. The maximum atomic E-state index is 13.4. The SMILES string of the molecule is COc1cc(C=Nc2sc3c(c2C(=O)Nc2ccccc2)CCCC3)cc(I)c1OCc1cccc(C(=O)O)c1. The highest BCUT2D eigenvalue weighted by Crippen LogP contribution is 2.41. The van der Waals surface area contributed by atoms with Crippen molar-refractivity contribution in [3.63, 3.8) is 0 Å². The fraction of sp³-hybridized carbons (Fsp3) is 0.194. The van der Waals surface area contributed by atoms with Gasteiger partial charge in [0.25, 0.3) is 5.91 Å². The van der Waals surface area contributed by atoms with Gasteiger partial charge in [0, 0.05) is 16.8 Å². The van der Waals surface area contributed by atoms with Gasteiger partial charge in [-0.2, -0.15) is 0 Å². The number of halogens is 1. The first-order valence-corrected chi connectivity index (χ1v) is 14.7. The standard InChI is InChI=1S/C31H27IN2O5S/c1-38-25-16-20(15-24(32)28(25)39-18-19-8-7-9-21(14-19)31(36)37)17-33-30-27(23-12-5-6-13-26(23)40-30)29(35)34-22-10-3-2-4-11-22/h2-4,7-11,14-17H,5-6,12-13,18H2,1H3,(H,34,35)(H,36,37). The molecule has 2 N–H and O–H groups in total. The van der Waals surface area contributed by atoms with Gasteiger partial charge in [-0.05, 0) is 101 Å². The summed E-state index contributed by atoms with van der Waals surface area (Å²) in [6.07, 6.45) is 5.78. The molecule has 1 heterocycles. The van der Waals surface area contributed by atoms with Crippen LogP contribution in [-0.2, 0) is 19.4 Å². The maximum absolute atomic E-state index is 13.4. The maximum Gasteiger partial charge on any atom is 0.335 e. The largest absolute Gasteiger partial charge is 0.493 e. The number of nitrogens with one attached hydrogen (secondary N) is 1. The number of benzene rings is 3. The van der Waals surface area contributed by atoms with Gasteiger partial charge in [-0.15, -0.1) is 11.3 Å². The average molecular weight is 667 g/mol. The zero-order valence-corrected chi connectivity index (χ0v) is 24.8. The van der Waals surface area contributed by atoms with Gasteiger partial charge >= 0.3 is 5.97 Å². The van der Waals surface area contributed by atoms with Crippen LogP contribution >= 0.6 is 33.9 Å². The Morgan fingerprint density at radius 3 is 2.65 bits per heavy atom. The Balaban J connectivity index is 1.39. The zero-order valence-electron chi connectivity index (χ0n) is 21.8. The molecule has 0 saturated heterocycles. The van der Waals surface area contributed by atoms with Crippen LogP contribution in [-0.4, -0.2) is 30.3 Å². The Kier molecular flexibility index (Phi) is 8.81. The summed E-state index contributed by atoms with van der Waals surface area (Å²) in [5, 5.41) is 13.0. The molecule has 7 nitrogen and oxygen atoms in total. The molecule has 3 aromatic carbocycles. The number of aromatic carboxylic acids is 1. The lowest BCUT2D eigenvalue weighted by molar-refractivity contribution is 0.0696. The Labute approximate surface area is 250 Å². The third-order valence-electron chi connectivity index (χ3n) is 6.55. The van der Waals surface area contributed by atoms with Crippen molar-refractivity contribution < 1.29 is 24.2 Å². The zero-order chi connectivity index (χ0) is 28.1. The molecule has 1 aromatic heterocycles. The average Bonchev–Trinajstić information content (AvgIpc) is 3.34. The summed E-state index contributed by atoms with van der Waals surface area (Å²) in [6.45, 7) is 0.196. The molecule has 1 aliphatic rings. The number of carboxylic acid groups (broad SMARTS) is 1. The summed E-state index contributed by atoms with van der Waals surface area (Å²) in [6, 6.07) is 19.9. The third-order valence-corrected chi connectivity index (χ3v) is 8.55. The van der Waals surface area contributed by atoms with Crippen LogP contribution in [0.1, 0.15) is 55.1 Å². The molecule has 40 heavy (non-hydrogen) atoms. The van der Waals surface area contributed by atoms with E-state index in [1.807, 2.05) is 48.5 Å². The van der Waals surface area contributed by atoms with E-state index in [1.54, 1.807) is 42.9 Å². The van der Waals surface area contributed by atoms with Crippen LogP contribution in [0.5, 0.6) is 11.5 Å². The summed E-state index contributed by atoms with van der Waals surface area (Å²) in [5.74, 6) is -0.0173. The lowest BCUT2D eigenvalue weighted by Gasteiger charge is -2.14. The fourth-order valence-electron chi connectivity index (χ4n) is 4.63. The van der Waals surface area contributed by atoms with E-state index in [9.17, 15) is 14.7 Å². The fourth-order valence-corrected chi connectivity index (χ4v) is 6.64. The number of ether oxygens (including phenoxy) is 2. The third kappa shape index (κ3) is 6.37. The van der Waals surface area contributed by atoms with Crippen LogP contribution in [0.4, 0.5) is 10.7 Å². The number of nitrogens with zero attached hydrogens (tertiary/aromatic N) is 1. The number of amides is 1. The van der Waals surface area contributed by atoms with Crippen LogP contribution < -0.4 is 14.8 Å².